The third kappa shape index (κ3) is 2.83. The molecule has 1 aromatic rings. The summed E-state index contributed by atoms with van der Waals surface area (Å²) in [6.45, 7) is 5.97. The summed E-state index contributed by atoms with van der Waals surface area (Å²) >= 11 is 0. The fourth-order valence-corrected chi connectivity index (χ4v) is 1.60. The Bertz CT molecular complexity index is 357. The van der Waals surface area contributed by atoms with E-state index in [2.05, 4.69) is 0 Å². The number of rotatable bonds is 4. The lowest BCUT2D eigenvalue weighted by Gasteiger charge is -2.28. The highest BCUT2D eigenvalue weighted by molar-refractivity contribution is 5.75. The highest BCUT2D eigenvalue weighted by atomic mass is 16.4. The maximum absolute atomic E-state index is 11.3. The van der Waals surface area contributed by atoms with Crippen LogP contribution in [-0.4, -0.2) is 29.1 Å². The van der Waals surface area contributed by atoms with Gasteiger partial charge in [-0.25, -0.2) is 0 Å². The molecule has 88 valence electrons. The Balaban J connectivity index is 3.03. The van der Waals surface area contributed by atoms with Crippen molar-refractivity contribution in [2.45, 2.75) is 32.9 Å². The second-order valence-corrected chi connectivity index (χ2v) is 4.41. The first kappa shape index (κ1) is 12.7. The van der Waals surface area contributed by atoms with E-state index in [0.717, 1.165) is 11.1 Å². The largest absolute Gasteiger partial charge is 0.480 e. The van der Waals surface area contributed by atoms with Crippen LogP contribution in [0.3, 0.4) is 0 Å². The molecular formula is C13H19NO2. The molecule has 0 bridgehead atoms. The zero-order valence-corrected chi connectivity index (χ0v) is 10.3. The van der Waals surface area contributed by atoms with Gasteiger partial charge in [0.1, 0.15) is 6.04 Å². The standard InChI is InChI=1S/C13H19NO2/c1-9(2)14(4)12(13(15)16)11-7-5-10(3)6-8-11/h5-9,12H,1-4H3,(H,15,16). The van der Waals surface area contributed by atoms with Crippen LogP contribution >= 0.6 is 0 Å². The van der Waals surface area contributed by atoms with Gasteiger partial charge in [0.2, 0.25) is 0 Å². The van der Waals surface area contributed by atoms with Crippen LogP contribution in [0.5, 0.6) is 0 Å². The Labute approximate surface area is 96.7 Å². The summed E-state index contributed by atoms with van der Waals surface area (Å²) < 4.78 is 0. The molecule has 0 spiro atoms. The number of carboxylic acid groups (broad SMARTS) is 1. The van der Waals surface area contributed by atoms with E-state index in [9.17, 15) is 9.90 Å². The molecule has 0 heterocycles. The average molecular weight is 221 g/mol. The summed E-state index contributed by atoms with van der Waals surface area (Å²) in [5.74, 6) is -0.806. The molecule has 0 radical (unpaired) electrons. The monoisotopic (exact) mass is 221 g/mol. The molecule has 0 aliphatic rings. The van der Waals surface area contributed by atoms with Gasteiger partial charge in [-0.1, -0.05) is 29.8 Å². The van der Waals surface area contributed by atoms with Gasteiger partial charge in [0.15, 0.2) is 0 Å². The Hall–Kier alpha value is -1.35. The van der Waals surface area contributed by atoms with Gasteiger partial charge < -0.3 is 5.11 Å². The van der Waals surface area contributed by atoms with Crippen molar-refractivity contribution < 1.29 is 9.90 Å². The normalized spacial score (nSPS) is 13.1. The van der Waals surface area contributed by atoms with Crippen LogP contribution in [-0.2, 0) is 4.79 Å². The molecule has 3 nitrogen and oxygen atoms in total. The third-order valence-corrected chi connectivity index (χ3v) is 2.85. The lowest BCUT2D eigenvalue weighted by atomic mass is 10.0. The first-order valence-corrected chi connectivity index (χ1v) is 5.44. The molecule has 16 heavy (non-hydrogen) atoms. The van der Waals surface area contributed by atoms with Gasteiger partial charge in [-0.3, -0.25) is 9.69 Å². The highest BCUT2D eigenvalue weighted by Crippen LogP contribution is 2.22. The fourth-order valence-electron chi connectivity index (χ4n) is 1.60. The fraction of sp³-hybridized carbons (Fsp3) is 0.462. The number of nitrogens with zero attached hydrogens (tertiary/aromatic N) is 1. The SMILES string of the molecule is Cc1ccc(C(C(=O)O)N(C)C(C)C)cc1. The van der Waals surface area contributed by atoms with Gasteiger partial charge in [0.05, 0.1) is 0 Å². The minimum atomic E-state index is -0.806. The second kappa shape index (κ2) is 5.12. The van der Waals surface area contributed by atoms with Crippen molar-refractivity contribution in [2.24, 2.45) is 0 Å². The molecule has 0 aliphatic carbocycles. The van der Waals surface area contributed by atoms with Gasteiger partial charge in [-0.15, -0.1) is 0 Å². The number of aliphatic carboxylic acids is 1. The third-order valence-electron chi connectivity index (χ3n) is 2.85. The lowest BCUT2D eigenvalue weighted by Crippen LogP contribution is -2.35. The summed E-state index contributed by atoms with van der Waals surface area (Å²) in [5, 5.41) is 9.27. The molecule has 1 atom stereocenters. The van der Waals surface area contributed by atoms with E-state index in [4.69, 9.17) is 0 Å². The Morgan fingerprint density at radius 2 is 1.75 bits per heavy atom. The molecule has 0 aliphatic heterocycles. The number of hydrogen-bond donors (Lipinski definition) is 1. The van der Waals surface area contributed by atoms with Crippen molar-refractivity contribution in [3.05, 3.63) is 35.4 Å². The number of carbonyl (C=O) groups is 1. The van der Waals surface area contributed by atoms with Crippen molar-refractivity contribution in [1.82, 2.24) is 4.90 Å². The Morgan fingerprint density at radius 1 is 1.25 bits per heavy atom. The van der Waals surface area contributed by atoms with Crippen LogP contribution < -0.4 is 0 Å². The molecule has 0 amide bonds. The minimum absolute atomic E-state index is 0.197. The highest BCUT2D eigenvalue weighted by Gasteiger charge is 2.25. The average Bonchev–Trinajstić information content (AvgIpc) is 2.20. The van der Waals surface area contributed by atoms with Crippen LogP contribution in [0.25, 0.3) is 0 Å². The quantitative estimate of drug-likeness (QED) is 0.849. The first-order valence-electron chi connectivity index (χ1n) is 5.44. The van der Waals surface area contributed by atoms with Crippen molar-refractivity contribution in [3.63, 3.8) is 0 Å². The molecule has 1 aromatic carbocycles. The van der Waals surface area contributed by atoms with Crippen LogP contribution in [0.2, 0.25) is 0 Å². The zero-order chi connectivity index (χ0) is 12.3. The Morgan fingerprint density at radius 3 is 2.12 bits per heavy atom. The van der Waals surface area contributed by atoms with Crippen molar-refractivity contribution in [3.8, 4) is 0 Å². The topological polar surface area (TPSA) is 40.5 Å². The predicted molar refractivity (Wildman–Crippen MR) is 64.5 cm³/mol. The maximum atomic E-state index is 11.3. The summed E-state index contributed by atoms with van der Waals surface area (Å²) in [6.07, 6.45) is 0. The van der Waals surface area contributed by atoms with E-state index in [1.165, 1.54) is 0 Å². The number of aryl methyl sites for hydroxylation is 1. The van der Waals surface area contributed by atoms with Gasteiger partial charge in [0, 0.05) is 6.04 Å². The molecule has 0 aromatic heterocycles. The summed E-state index contributed by atoms with van der Waals surface area (Å²) in [4.78, 5) is 13.1. The molecule has 3 heteroatoms. The first-order chi connectivity index (χ1) is 7.43. The van der Waals surface area contributed by atoms with Crippen molar-refractivity contribution >= 4 is 5.97 Å². The minimum Gasteiger partial charge on any atom is -0.480 e. The van der Waals surface area contributed by atoms with Crippen molar-refractivity contribution in [1.29, 1.82) is 0 Å². The second-order valence-electron chi connectivity index (χ2n) is 4.41. The Kier molecular flexibility index (Phi) is 4.07. The van der Waals surface area contributed by atoms with Gasteiger partial charge in [-0.05, 0) is 33.4 Å². The molecular weight excluding hydrogens is 202 g/mol. The van der Waals surface area contributed by atoms with Crippen LogP contribution in [0.1, 0.15) is 31.0 Å². The van der Waals surface area contributed by atoms with Crippen LogP contribution in [0, 0.1) is 6.92 Å². The number of benzene rings is 1. The smallest absolute Gasteiger partial charge is 0.325 e. The van der Waals surface area contributed by atoms with Gasteiger partial charge >= 0.3 is 5.97 Å². The lowest BCUT2D eigenvalue weighted by molar-refractivity contribution is -0.143. The molecule has 1 unspecified atom stereocenters. The van der Waals surface area contributed by atoms with Crippen molar-refractivity contribution in [2.75, 3.05) is 7.05 Å². The van der Waals surface area contributed by atoms with Crippen LogP contribution in [0.15, 0.2) is 24.3 Å². The maximum Gasteiger partial charge on any atom is 0.325 e. The van der Waals surface area contributed by atoms with Gasteiger partial charge in [0.25, 0.3) is 0 Å². The molecule has 1 rings (SSSR count). The van der Waals surface area contributed by atoms with E-state index in [1.54, 1.807) is 0 Å². The van der Waals surface area contributed by atoms with Crippen LogP contribution in [0.4, 0.5) is 0 Å². The van der Waals surface area contributed by atoms with Gasteiger partial charge in [-0.2, -0.15) is 0 Å². The molecule has 1 N–H and O–H groups in total. The molecule has 0 saturated heterocycles. The van der Waals surface area contributed by atoms with E-state index < -0.39 is 12.0 Å². The molecule has 0 fully saturated rings. The molecule has 0 saturated carbocycles. The number of likely N-dealkylation sites (N-methyl/N-ethyl adjacent to an activating group) is 1. The summed E-state index contributed by atoms with van der Waals surface area (Å²) in [6, 6.07) is 7.28. The summed E-state index contributed by atoms with van der Waals surface area (Å²) in [7, 11) is 1.84. The van der Waals surface area contributed by atoms with E-state index >= 15 is 0 Å². The van der Waals surface area contributed by atoms with E-state index in [0.29, 0.717) is 0 Å². The number of hydrogen-bond acceptors (Lipinski definition) is 2. The van der Waals surface area contributed by atoms with E-state index in [1.807, 2.05) is 57.0 Å². The zero-order valence-electron chi connectivity index (χ0n) is 10.3. The summed E-state index contributed by atoms with van der Waals surface area (Å²) in [5.41, 5.74) is 1.97. The predicted octanol–water partition coefficient (Wildman–Crippen LogP) is 2.46. The van der Waals surface area contributed by atoms with E-state index in [-0.39, 0.29) is 6.04 Å². The number of carboxylic acids is 1.